The Kier molecular flexibility index (Phi) is 6.13. The van der Waals surface area contributed by atoms with Crippen LogP contribution in [0.4, 0.5) is 5.69 Å². The van der Waals surface area contributed by atoms with Crippen LogP contribution in [-0.4, -0.2) is 52.6 Å². The Hall–Kier alpha value is -2.87. The van der Waals surface area contributed by atoms with Crippen LogP contribution in [0.15, 0.2) is 35.5 Å². The van der Waals surface area contributed by atoms with Gasteiger partial charge in [0.1, 0.15) is 12.4 Å². The first-order valence-corrected chi connectivity index (χ1v) is 7.42. The monoisotopic (exact) mass is 349 g/mol. The summed E-state index contributed by atoms with van der Waals surface area (Å²) < 4.78 is 19.5. The second kappa shape index (κ2) is 8.29. The summed E-state index contributed by atoms with van der Waals surface area (Å²) in [6.07, 6.45) is 0.139. The van der Waals surface area contributed by atoms with Crippen molar-refractivity contribution in [3.8, 4) is 0 Å². The molecule has 1 aliphatic rings. The third kappa shape index (κ3) is 4.16. The number of esters is 3. The number of benzene rings is 1. The van der Waals surface area contributed by atoms with Crippen LogP contribution in [0.25, 0.3) is 0 Å². The molecule has 8 nitrogen and oxygen atoms in total. The molecule has 8 heteroatoms. The molecule has 0 unspecified atom stereocenters. The fourth-order valence-corrected chi connectivity index (χ4v) is 2.38. The predicted molar refractivity (Wildman–Crippen MR) is 86.5 cm³/mol. The van der Waals surface area contributed by atoms with Crippen molar-refractivity contribution in [3.63, 3.8) is 0 Å². The first-order chi connectivity index (χ1) is 12.0. The molecule has 0 saturated carbocycles. The van der Waals surface area contributed by atoms with Crippen LogP contribution in [0.2, 0.25) is 0 Å². The van der Waals surface area contributed by atoms with Gasteiger partial charge in [-0.25, -0.2) is 9.59 Å². The van der Waals surface area contributed by atoms with Gasteiger partial charge in [0, 0.05) is 5.69 Å². The Morgan fingerprint density at radius 3 is 2.20 bits per heavy atom. The second-order valence-electron chi connectivity index (χ2n) is 5.14. The highest BCUT2D eigenvalue weighted by atomic mass is 16.5. The maximum Gasteiger partial charge on any atom is 0.355 e. The topological polar surface area (TPSA) is 91.4 Å². The molecular formula is C17H19NO7. The summed E-state index contributed by atoms with van der Waals surface area (Å²) in [5.41, 5.74) is 1.51. The van der Waals surface area contributed by atoms with E-state index in [-0.39, 0.29) is 37.0 Å². The number of carbonyl (C=O) groups is 3. The Labute approximate surface area is 144 Å². The van der Waals surface area contributed by atoms with Gasteiger partial charge in [0.25, 0.3) is 0 Å². The molecule has 0 amide bonds. The maximum atomic E-state index is 12.2. The van der Waals surface area contributed by atoms with Crippen molar-refractivity contribution < 1.29 is 33.3 Å². The summed E-state index contributed by atoms with van der Waals surface area (Å²) in [7, 11) is 3.78. The first-order valence-electron chi connectivity index (χ1n) is 7.42. The van der Waals surface area contributed by atoms with Gasteiger partial charge in [-0.15, -0.1) is 0 Å². The first kappa shape index (κ1) is 18.5. The molecule has 0 aliphatic carbocycles. The zero-order chi connectivity index (χ0) is 18.4. The number of rotatable bonds is 5. The summed E-state index contributed by atoms with van der Waals surface area (Å²) in [4.78, 5) is 37.0. The number of anilines is 1. The highest BCUT2D eigenvalue weighted by Crippen LogP contribution is 2.27. The van der Waals surface area contributed by atoms with Crippen LogP contribution in [-0.2, 0) is 39.8 Å². The Balaban J connectivity index is 2.36. The summed E-state index contributed by atoms with van der Waals surface area (Å²) in [6, 6.07) is 6.89. The van der Waals surface area contributed by atoms with Crippen molar-refractivity contribution in [2.75, 3.05) is 39.6 Å². The normalized spacial score (nSPS) is 14.1. The predicted octanol–water partition coefficient (Wildman–Crippen LogP) is 0.796. The molecule has 1 heterocycles. The van der Waals surface area contributed by atoms with E-state index in [0.29, 0.717) is 5.69 Å². The number of hydrogen-bond donors (Lipinski definition) is 0. The van der Waals surface area contributed by atoms with Crippen molar-refractivity contribution in [2.45, 2.75) is 6.42 Å². The van der Waals surface area contributed by atoms with Gasteiger partial charge < -0.3 is 23.8 Å². The zero-order valence-electron chi connectivity index (χ0n) is 14.2. The molecule has 2 rings (SSSR count). The van der Waals surface area contributed by atoms with Crippen molar-refractivity contribution >= 4 is 23.6 Å². The average Bonchev–Trinajstić information content (AvgIpc) is 2.66. The smallest absolute Gasteiger partial charge is 0.355 e. The molecular weight excluding hydrogens is 330 g/mol. The van der Waals surface area contributed by atoms with Gasteiger partial charge in [0.15, 0.2) is 0 Å². The van der Waals surface area contributed by atoms with E-state index in [0.717, 1.165) is 5.56 Å². The van der Waals surface area contributed by atoms with Crippen LogP contribution in [0.5, 0.6) is 0 Å². The Bertz CT molecular complexity index is 693. The molecule has 0 saturated heterocycles. The standard InChI is InChI=1S/C17H19NO7/c1-22-14(19)8-11-4-6-12(7-5-11)18-10-25-9-13(16(20)23-2)15(18)17(21)24-3/h4-7H,8-10H2,1-3H3. The van der Waals surface area contributed by atoms with Crippen molar-refractivity contribution in [2.24, 2.45) is 0 Å². The van der Waals surface area contributed by atoms with E-state index in [1.807, 2.05) is 0 Å². The minimum Gasteiger partial charge on any atom is -0.469 e. The molecule has 1 aliphatic heterocycles. The van der Waals surface area contributed by atoms with Crippen LogP contribution in [0.1, 0.15) is 5.56 Å². The van der Waals surface area contributed by atoms with Crippen LogP contribution in [0, 0.1) is 0 Å². The van der Waals surface area contributed by atoms with E-state index >= 15 is 0 Å². The van der Waals surface area contributed by atoms with Crippen molar-refractivity contribution in [3.05, 3.63) is 41.1 Å². The molecule has 0 N–H and O–H groups in total. The highest BCUT2D eigenvalue weighted by Gasteiger charge is 2.32. The number of carbonyl (C=O) groups excluding carboxylic acids is 3. The molecule has 0 spiro atoms. The van der Waals surface area contributed by atoms with Crippen LogP contribution in [0.3, 0.4) is 0 Å². The van der Waals surface area contributed by atoms with Crippen molar-refractivity contribution in [1.29, 1.82) is 0 Å². The summed E-state index contributed by atoms with van der Waals surface area (Å²) in [6.45, 7) is 0.0231. The molecule has 1 aromatic rings. The summed E-state index contributed by atoms with van der Waals surface area (Å²) in [5, 5.41) is 0. The lowest BCUT2D eigenvalue weighted by Gasteiger charge is -2.31. The second-order valence-corrected chi connectivity index (χ2v) is 5.14. The van der Waals surface area contributed by atoms with E-state index in [9.17, 15) is 14.4 Å². The molecule has 134 valence electrons. The average molecular weight is 349 g/mol. The zero-order valence-corrected chi connectivity index (χ0v) is 14.2. The van der Waals surface area contributed by atoms with E-state index in [1.165, 1.54) is 26.2 Å². The quantitative estimate of drug-likeness (QED) is 0.569. The lowest BCUT2D eigenvalue weighted by molar-refractivity contribution is -0.140. The van der Waals surface area contributed by atoms with Gasteiger partial charge in [0.05, 0.1) is 39.9 Å². The summed E-state index contributed by atoms with van der Waals surface area (Å²) >= 11 is 0. The molecule has 0 bridgehead atoms. The van der Waals surface area contributed by atoms with Gasteiger partial charge >= 0.3 is 17.9 Å². The third-order valence-electron chi connectivity index (χ3n) is 3.66. The molecule has 1 aromatic carbocycles. The number of nitrogens with zero attached hydrogens (tertiary/aromatic N) is 1. The Morgan fingerprint density at radius 2 is 1.64 bits per heavy atom. The number of hydrogen-bond acceptors (Lipinski definition) is 8. The maximum absolute atomic E-state index is 12.2. The third-order valence-corrected chi connectivity index (χ3v) is 3.66. The SMILES string of the molecule is COC(=O)Cc1ccc(N2COCC(C(=O)OC)=C2C(=O)OC)cc1. The minimum absolute atomic E-state index is 0.0476. The number of methoxy groups -OCH3 is 3. The lowest BCUT2D eigenvalue weighted by Crippen LogP contribution is -2.38. The number of ether oxygens (including phenoxy) is 4. The summed E-state index contributed by atoms with van der Waals surface area (Å²) in [5.74, 6) is -1.67. The molecule has 0 atom stereocenters. The van der Waals surface area contributed by atoms with E-state index in [1.54, 1.807) is 24.3 Å². The molecule has 0 fully saturated rings. The lowest BCUT2D eigenvalue weighted by atomic mass is 10.1. The van der Waals surface area contributed by atoms with E-state index < -0.39 is 11.9 Å². The van der Waals surface area contributed by atoms with E-state index in [2.05, 4.69) is 4.74 Å². The fourth-order valence-electron chi connectivity index (χ4n) is 2.38. The fraction of sp³-hybridized carbons (Fsp3) is 0.353. The Morgan fingerprint density at radius 1 is 1.00 bits per heavy atom. The van der Waals surface area contributed by atoms with Crippen molar-refractivity contribution in [1.82, 2.24) is 0 Å². The van der Waals surface area contributed by atoms with Gasteiger partial charge in [-0.2, -0.15) is 0 Å². The van der Waals surface area contributed by atoms with Gasteiger partial charge in [0.2, 0.25) is 0 Å². The van der Waals surface area contributed by atoms with Gasteiger partial charge in [-0.1, -0.05) is 12.1 Å². The van der Waals surface area contributed by atoms with Crippen LogP contribution >= 0.6 is 0 Å². The van der Waals surface area contributed by atoms with Crippen LogP contribution < -0.4 is 4.90 Å². The van der Waals surface area contributed by atoms with E-state index in [4.69, 9.17) is 14.2 Å². The molecule has 0 radical (unpaired) electrons. The minimum atomic E-state index is -0.665. The largest absolute Gasteiger partial charge is 0.469 e. The molecule has 0 aromatic heterocycles. The molecule has 25 heavy (non-hydrogen) atoms. The highest BCUT2D eigenvalue weighted by molar-refractivity contribution is 6.03. The van der Waals surface area contributed by atoms with Gasteiger partial charge in [-0.05, 0) is 17.7 Å². The van der Waals surface area contributed by atoms with Gasteiger partial charge in [-0.3, -0.25) is 4.79 Å².